The number of hydrogen-bond donors (Lipinski definition) is 0. The van der Waals surface area contributed by atoms with Crippen LogP contribution in [0.4, 0.5) is 13.2 Å². The molecular weight excluding hydrogens is 437 g/mol. The van der Waals surface area contributed by atoms with Crippen LogP contribution in [0.25, 0.3) is 11.4 Å². The lowest BCUT2D eigenvalue weighted by Crippen LogP contribution is -2.37. The van der Waals surface area contributed by atoms with E-state index in [4.69, 9.17) is 4.52 Å². The molecule has 0 amide bonds. The van der Waals surface area contributed by atoms with Gasteiger partial charge in [0, 0.05) is 37.0 Å². The van der Waals surface area contributed by atoms with Gasteiger partial charge in [0.25, 0.3) is 0 Å². The van der Waals surface area contributed by atoms with Crippen LogP contribution < -0.4 is 4.74 Å². The van der Waals surface area contributed by atoms with Gasteiger partial charge in [0.05, 0.1) is 4.90 Å². The number of hydrogen-bond acceptors (Lipinski definition) is 7. The van der Waals surface area contributed by atoms with Crippen LogP contribution in [0.1, 0.15) is 24.7 Å². The number of alkyl halides is 3. The number of aromatic nitrogens is 3. The predicted octanol–water partition coefficient (Wildman–Crippen LogP) is 3.60. The summed E-state index contributed by atoms with van der Waals surface area (Å²) >= 11 is 0. The van der Waals surface area contributed by atoms with E-state index in [1.165, 1.54) is 4.31 Å². The minimum Gasteiger partial charge on any atom is -0.406 e. The van der Waals surface area contributed by atoms with E-state index in [0.717, 1.165) is 29.8 Å². The molecule has 31 heavy (non-hydrogen) atoms. The van der Waals surface area contributed by atoms with Crippen molar-refractivity contribution in [2.45, 2.75) is 30.0 Å². The Bertz CT molecular complexity index is 1130. The van der Waals surface area contributed by atoms with Crippen LogP contribution in [0.3, 0.4) is 0 Å². The van der Waals surface area contributed by atoms with E-state index in [0.29, 0.717) is 24.6 Å². The number of nitrogens with zero attached hydrogens (tertiary/aromatic N) is 4. The SMILES string of the molecule is O=S(=O)(c1ccc(OC(F)(F)F)cc1)N1CCC(c2nc(-c3ccncc3)no2)CC1. The van der Waals surface area contributed by atoms with Crippen molar-refractivity contribution in [1.82, 2.24) is 19.4 Å². The van der Waals surface area contributed by atoms with Crippen LogP contribution in [0.2, 0.25) is 0 Å². The number of pyridine rings is 1. The highest BCUT2D eigenvalue weighted by Crippen LogP contribution is 2.31. The number of ether oxygens (including phenoxy) is 1. The monoisotopic (exact) mass is 454 g/mol. The summed E-state index contributed by atoms with van der Waals surface area (Å²) in [7, 11) is -3.84. The number of rotatable bonds is 5. The first-order valence-electron chi connectivity index (χ1n) is 9.32. The highest BCUT2D eigenvalue weighted by Gasteiger charge is 2.33. The normalized spacial score (nSPS) is 16.4. The van der Waals surface area contributed by atoms with Crippen molar-refractivity contribution in [1.29, 1.82) is 0 Å². The molecule has 8 nitrogen and oxygen atoms in total. The van der Waals surface area contributed by atoms with E-state index < -0.39 is 22.1 Å². The molecule has 1 aromatic carbocycles. The van der Waals surface area contributed by atoms with Crippen LogP contribution in [0, 0.1) is 0 Å². The van der Waals surface area contributed by atoms with Crippen LogP contribution in [0.15, 0.2) is 58.2 Å². The second-order valence-electron chi connectivity index (χ2n) is 6.89. The second-order valence-corrected chi connectivity index (χ2v) is 8.83. The summed E-state index contributed by atoms with van der Waals surface area (Å²) in [5, 5.41) is 3.97. The van der Waals surface area contributed by atoms with E-state index in [1.807, 2.05) is 0 Å². The number of benzene rings is 1. The molecule has 0 bridgehead atoms. The molecule has 0 atom stereocenters. The van der Waals surface area contributed by atoms with Crippen molar-refractivity contribution in [3.63, 3.8) is 0 Å². The van der Waals surface area contributed by atoms with E-state index >= 15 is 0 Å². The zero-order valence-corrected chi connectivity index (χ0v) is 16.8. The van der Waals surface area contributed by atoms with Gasteiger partial charge in [-0.1, -0.05) is 5.16 Å². The minimum atomic E-state index is -4.84. The zero-order chi connectivity index (χ0) is 22.1. The standard InChI is InChI=1S/C19H17F3N4O4S/c20-19(21,22)29-15-1-3-16(4-2-15)31(27,28)26-11-7-14(8-12-26)18-24-17(25-30-18)13-5-9-23-10-6-13/h1-6,9-10,14H,7-8,11-12H2. The van der Waals surface area contributed by atoms with Gasteiger partial charge in [-0.15, -0.1) is 13.2 Å². The highest BCUT2D eigenvalue weighted by molar-refractivity contribution is 7.89. The second kappa shape index (κ2) is 8.27. The summed E-state index contributed by atoms with van der Waals surface area (Å²) in [5.41, 5.74) is 0.767. The van der Waals surface area contributed by atoms with Gasteiger partial charge < -0.3 is 9.26 Å². The third kappa shape index (κ3) is 4.85. The maximum absolute atomic E-state index is 12.8. The smallest absolute Gasteiger partial charge is 0.406 e. The van der Waals surface area contributed by atoms with Gasteiger partial charge in [-0.2, -0.15) is 9.29 Å². The Kier molecular flexibility index (Phi) is 5.67. The number of piperidine rings is 1. The fraction of sp³-hybridized carbons (Fsp3) is 0.316. The molecule has 0 spiro atoms. The summed E-state index contributed by atoms with van der Waals surface area (Å²) in [4.78, 5) is 8.25. The van der Waals surface area contributed by atoms with Gasteiger partial charge in [-0.05, 0) is 49.2 Å². The molecule has 0 saturated carbocycles. The molecule has 0 radical (unpaired) electrons. The first-order valence-corrected chi connectivity index (χ1v) is 10.8. The Balaban J connectivity index is 1.41. The Morgan fingerprint density at radius 1 is 1.03 bits per heavy atom. The summed E-state index contributed by atoms with van der Waals surface area (Å²) < 4.78 is 72.9. The zero-order valence-electron chi connectivity index (χ0n) is 16.0. The van der Waals surface area contributed by atoms with Crippen LogP contribution >= 0.6 is 0 Å². The Morgan fingerprint density at radius 2 is 1.68 bits per heavy atom. The van der Waals surface area contributed by atoms with Crippen LogP contribution in [0.5, 0.6) is 5.75 Å². The summed E-state index contributed by atoms with van der Waals surface area (Å²) in [5.74, 6) is 0.315. The van der Waals surface area contributed by atoms with Crippen LogP contribution in [-0.2, 0) is 10.0 Å². The quantitative estimate of drug-likeness (QED) is 0.581. The third-order valence-corrected chi connectivity index (χ3v) is 6.79. The van der Waals surface area contributed by atoms with Gasteiger partial charge in [-0.25, -0.2) is 8.42 Å². The fourth-order valence-corrected chi connectivity index (χ4v) is 4.79. The van der Waals surface area contributed by atoms with Crippen molar-refractivity contribution >= 4 is 10.0 Å². The fourth-order valence-electron chi connectivity index (χ4n) is 3.32. The molecule has 4 rings (SSSR count). The van der Waals surface area contributed by atoms with Gasteiger partial charge in [0.15, 0.2) is 0 Å². The van der Waals surface area contributed by atoms with Crippen molar-refractivity contribution in [3.8, 4) is 17.1 Å². The number of sulfonamides is 1. The molecule has 1 saturated heterocycles. The Morgan fingerprint density at radius 3 is 2.29 bits per heavy atom. The molecule has 164 valence electrons. The Labute approximate surface area is 175 Å². The molecule has 12 heteroatoms. The first kappa shape index (κ1) is 21.2. The molecule has 1 fully saturated rings. The lowest BCUT2D eigenvalue weighted by Gasteiger charge is -2.29. The van der Waals surface area contributed by atoms with E-state index in [9.17, 15) is 21.6 Å². The van der Waals surface area contributed by atoms with E-state index in [2.05, 4.69) is 19.9 Å². The topological polar surface area (TPSA) is 98.4 Å². The van der Waals surface area contributed by atoms with E-state index in [1.54, 1.807) is 24.5 Å². The van der Waals surface area contributed by atoms with Gasteiger partial charge in [0.1, 0.15) is 5.75 Å². The van der Waals surface area contributed by atoms with Crippen molar-refractivity contribution in [2.75, 3.05) is 13.1 Å². The maximum Gasteiger partial charge on any atom is 0.573 e. The van der Waals surface area contributed by atoms with Gasteiger partial charge in [-0.3, -0.25) is 4.98 Å². The lowest BCUT2D eigenvalue weighted by atomic mass is 9.98. The minimum absolute atomic E-state index is 0.0860. The third-order valence-electron chi connectivity index (χ3n) is 4.88. The van der Waals surface area contributed by atoms with Gasteiger partial charge >= 0.3 is 6.36 Å². The maximum atomic E-state index is 12.8. The van der Waals surface area contributed by atoms with Crippen molar-refractivity contribution in [3.05, 3.63) is 54.7 Å². The summed E-state index contributed by atoms with van der Waals surface area (Å²) in [6.45, 7) is 0.446. The summed E-state index contributed by atoms with van der Waals surface area (Å²) in [6.07, 6.45) is -0.639. The van der Waals surface area contributed by atoms with Crippen molar-refractivity contribution < 1.29 is 30.8 Å². The molecule has 3 heterocycles. The van der Waals surface area contributed by atoms with E-state index in [-0.39, 0.29) is 23.9 Å². The summed E-state index contributed by atoms with van der Waals surface area (Å²) in [6, 6.07) is 7.67. The molecule has 0 unspecified atom stereocenters. The molecular formula is C19H17F3N4O4S. The molecule has 0 N–H and O–H groups in total. The predicted molar refractivity (Wildman–Crippen MR) is 101 cm³/mol. The molecule has 1 aliphatic rings. The van der Waals surface area contributed by atoms with Crippen molar-refractivity contribution in [2.24, 2.45) is 0 Å². The molecule has 1 aliphatic heterocycles. The van der Waals surface area contributed by atoms with Gasteiger partial charge in [0.2, 0.25) is 21.7 Å². The Hall–Kier alpha value is -2.99. The average Bonchev–Trinajstić information content (AvgIpc) is 3.24. The first-order chi connectivity index (χ1) is 14.7. The van der Waals surface area contributed by atoms with Crippen LogP contribution in [-0.4, -0.2) is 47.3 Å². The lowest BCUT2D eigenvalue weighted by molar-refractivity contribution is -0.274. The molecule has 3 aromatic rings. The average molecular weight is 454 g/mol. The molecule has 0 aliphatic carbocycles. The largest absolute Gasteiger partial charge is 0.573 e. The number of halogens is 3. The highest BCUT2D eigenvalue weighted by atomic mass is 32.2. The molecule has 2 aromatic heterocycles.